The summed E-state index contributed by atoms with van der Waals surface area (Å²) in [7, 11) is 0. The lowest BCUT2D eigenvalue weighted by Gasteiger charge is -2.12. The first-order valence-electron chi connectivity index (χ1n) is 21.9. The second-order valence-corrected chi connectivity index (χ2v) is 18.0. The van der Waals surface area contributed by atoms with Crippen molar-refractivity contribution in [1.82, 2.24) is 13.7 Å². The highest BCUT2D eigenvalue weighted by Gasteiger charge is 2.20. The average molecular weight is 832 g/mol. The number of nitrogens with zero attached hydrogens (tertiary/aromatic N) is 3. The van der Waals surface area contributed by atoms with Gasteiger partial charge in [-0.05, 0) is 108 Å². The lowest BCUT2D eigenvalue weighted by molar-refractivity contribution is 1.17. The summed E-state index contributed by atoms with van der Waals surface area (Å²) in [5, 5.41) is 10.1. The highest BCUT2D eigenvalue weighted by Crippen LogP contribution is 2.43. The Labute approximate surface area is 372 Å². The third-order valence-electron chi connectivity index (χ3n) is 13.4. The highest BCUT2D eigenvalue weighted by atomic mass is 32.1. The number of hydrogen-bond donors (Lipinski definition) is 0. The molecule has 4 aromatic heterocycles. The minimum atomic E-state index is 1.15. The number of fused-ring (bicyclic) bond motifs is 12. The smallest absolute Gasteiger partial charge is 0.0619 e. The predicted molar refractivity (Wildman–Crippen MR) is 273 cm³/mol. The molecule has 0 saturated carbocycles. The molecule has 0 aliphatic heterocycles. The standard InChI is InChI=1S/C60H37N3S/c1-3-14-38(15-4-1)44-21-13-22-48-50-35-40(27-31-57(50)63(60(44)48)43-29-33-59-52(37-43)47-20-9-12-25-58(47)64-59)39-26-30-55-49(34-39)45-18-7-11-24-54(45)62(55)42-28-32-56-51(36-42)46-19-8-10-23-53(46)61(56)41-16-5-2-6-17-41/h1-37H. The van der Waals surface area contributed by atoms with E-state index in [1.54, 1.807) is 0 Å². The van der Waals surface area contributed by atoms with Crippen LogP contribution in [0, 0.1) is 0 Å². The summed E-state index contributed by atoms with van der Waals surface area (Å²) in [6, 6.07) is 82.7. The molecule has 0 N–H and O–H groups in total. The summed E-state index contributed by atoms with van der Waals surface area (Å²) >= 11 is 1.86. The SMILES string of the molecule is c1ccc(-c2cccc3c4cc(-c5ccc6c(c5)c5ccccc5n6-c5ccc6c(c5)c5ccccc5n6-c5ccccc5)ccc4n(-c4ccc5sc6ccccc6c5c4)c23)cc1. The summed E-state index contributed by atoms with van der Waals surface area (Å²) < 4.78 is 9.95. The van der Waals surface area contributed by atoms with Crippen LogP contribution in [0.15, 0.2) is 224 Å². The van der Waals surface area contributed by atoms with Crippen molar-refractivity contribution in [2.75, 3.05) is 0 Å². The zero-order valence-corrected chi connectivity index (χ0v) is 35.4. The fraction of sp³-hybridized carbons (Fsp3) is 0. The molecule has 0 aliphatic rings. The second kappa shape index (κ2) is 13.7. The van der Waals surface area contributed by atoms with Crippen molar-refractivity contribution in [1.29, 1.82) is 0 Å². The Bertz CT molecular complexity index is 4180. The van der Waals surface area contributed by atoms with Crippen molar-refractivity contribution in [2.45, 2.75) is 0 Å². The summed E-state index contributed by atoms with van der Waals surface area (Å²) in [6.07, 6.45) is 0. The molecule has 0 bridgehead atoms. The van der Waals surface area contributed by atoms with Gasteiger partial charge in [-0.25, -0.2) is 0 Å². The quantitative estimate of drug-likeness (QED) is 0.164. The molecule has 10 aromatic carbocycles. The van der Waals surface area contributed by atoms with Crippen molar-refractivity contribution in [3.63, 3.8) is 0 Å². The average Bonchev–Trinajstić information content (AvgIpc) is 4.10. The van der Waals surface area contributed by atoms with Gasteiger partial charge in [0.2, 0.25) is 0 Å². The molecule has 0 radical (unpaired) electrons. The maximum atomic E-state index is 2.49. The first kappa shape index (κ1) is 35.4. The Morgan fingerprint density at radius 3 is 1.47 bits per heavy atom. The highest BCUT2D eigenvalue weighted by molar-refractivity contribution is 7.25. The molecule has 4 heterocycles. The van der Waals surface area contributed by atoms with E-state index in [2.05, 4.69) is 238 Å². The van der Waals surface area contributed by atoms with E-state index in [0.29, 0.717) is 0 Å². The molecule has 0 aliphatic carbocycles. The predicted octanol–water partition coefficient (Wildman–Crippen LogP) is 16.7. The Morgan fingerprint density at radius 1 is 0.250 bits per heavy atom. The largest absolute Gasteiger partial charge is 0.309 e. The van der Waals surface area contributed by atoms with Crippen molar-refractivity contribution < 1.29 is 0 Å². The van der Waals surface area contributed by atoms with Gasteiger partial charge in [-0.3, -0.25) is 0 Å². The Kier molecular flexibility index (Phi) is 7.56. The maximum Gasteiger partial charge on any atom is 0.0619 e. The van der Waals surface area contributed by atoms with Crippen LogP contribution in [0.4, 0.5) is 0 Å². The van der Waals surface area contributed by atoms with Gasteiger partial charge >= 0.3 is 0 Å². The van der Waals surface area contributed by atoms with E-state index in [4.69, 9.17) is 0 Å². The molecule has 3 nitrogen and oxygen atoms in total. The van der Waals surface area contributed by atoms with Crippen LogP contribution in [0.2, 0.25) is 0 Å². The Morgan fingerprint density at radius 2 is 0.734 bits per heavy atom. The van der Waals surface area contributed by atoms with Crippen LogP contribution in [-0.2, 0) is 0 Å². The number of benzene rings is 10. The fourth-order valence-electron chi connectivity index (χ4n) is 10.6. The van der Waals surface area contributed by atoms with Gasteiger partial charge in [0.1, 0.15) is 0 Å². The zero-order chi connectivity index (χ0) is 41.9. The summed E-state index contributed by atoms with van der Waals surface area (Å²) in [6.45, 7) is 0. The van der Waals surface area contributed by atoms with Crippen molar-refractivity contribution in [3.05, 3.63) is 224 Å². The molecular formula is C60H37N3S. The molecule has 0 fully saturated rings. The van der Waals surface area contributed by atoms with Crippen LogP contribution in [0.25, 0.3) is 125 Å². The van der Waals surface area contributed by atoms with Crippen LogP contribution in [0.1, 0.15) is 0 Å². The number of para-hydroxylation sites is 4. The fourth-order valence-corrected chi connectivity index (χ4v) is 11.7. The van der Waals surface area contributed by atoms with E-state index < -0.39 is 0 Å². The summed E-state index contributed by atoms with van der Waals surface area (Å²) in [4.78, 5) is 0. The molecule has 0 spiro atoms. The lowest BCUT2D eigenvalue weighted by atomic mass is 9.99. The number of aromatic nitrogens is 3. The molecule has 64 heavy (non-hydrogen) atoms. The third kappa shape index (κ3) is 5.15. The molecule has 4 heteroatoms. The van der Waals surface area contributed by atoms with Gasteiger partial charge in [-0.2, -0.15) is 0 Å². The van der Waals surface area contributed by atoms with Crippen LogP contribution in [0.5, 0.6) is 0 Å². The Hall–Kier alpha value is -8.18. The zero-order valence-electron chi connectivity index (χ0n) is 34.6. The molecule has 14 rings (SSSR count). The van der Waals surface area contributed by atoms with Gasteiger partial charge in [0.25, 0.3) is 0 Å². The number of rotatable bonds is 5. The van der Waals surface area contributed by atoms with E-state index >= 15 is 0 Å². The Balaban J connectivity index is 0.958. The van der Waals surface area contributed by atoms with Crippen molar-refractivity contribution in [3.8, 4) is 39.3 Å². The number of thiophene rings is 1. The van der Waals surface area contributed by atoms with Gasteiger partial charge in [-0.1, -0.05) is 133 Å². The van der Waals surface area contributed by atoms with Gasteiger partial charge in [0, 0.05) is 75.1 Å². The van der Waals surface area contributed by atoms with Crippen LogP contribution in [0.3, 0.4) is 0 Å². The first-order chi connectivity index (χ1) is 31.7. The summed E-state index contributed by atoms with van der Waals surface area (Å²) in [5.41, 5.74) is 15.5. The third-order valence-corrected chi connectivity index (χ3v) is 14.6. The van der Waals surface area contributed by atoms with Gasteiger partial charge in [-0.15, -0.1) is 11.3 Å². The monoisotopic (exact) mass is 831 g/mol. The molecule has 0 saturated heterocycles. The topological polar surface area (TPSA) is 14.8 Å². The molecule has 298 valence electrons. The first-order valence-corrected chi connectivity index (χ1v) is 22.7. The van der Waals surface area contributed by atoms with Gasteiger partial charge < -0.3 is 13.7 Å². The molecule has 14 aromatic rings. The minimum absolute atomic E-state index is 1.15. The maximum absolute atomic E-state index is 2.49. The molecule has 0 atom stereocenters. The van der Waals surface area contributed by atoms with Crippen molar-refractivity contribution in [2.24, 2.45) is 0 Å². The summed E-state index contributed by atoms with van der Waals surface area (Å²) in [5.74, 6) is 0. The van der Waals surface area contributed by atoms with E-state index in [1.165, 1.54) is 119 Å². The van der Waals surface area contributed by atoms with E-state index in [-0.39, 0.29) is 0 Å². The van der Waals surface area contributed by atoms with Crippen LogP contribution >= 0.6 is 11.3 Å². The number of hydrogen-bond acceptors (Lipinski definition) is 1. The van der Waals surface area contributed by atoms with E-state index in [0.717, 1.165) is 5.69 Å². The van der Waals surface area contributed by atoms with Crippen LogP contribution in [-0.4, -0.2) is 13.7 Å². The minimum Gasteiger partial charge on any atom is -0.309 e. The van der Waals surface area contributed by atoms with Gasteiger partial charge in [0.15, 0.2) is 0 Å². The molecular weight excluding hydrogens is 795 g/mol. The molecule has 0 amide bonds. The van der Waals surface area contributed by atoms with E-state index in [1.807, 2.05) is 11.3 Å². The normalized spacial score (nSPS) is 12.1. The lowest BCUT2D eigenvalue weighted by Crippen LogP contribution is -1.95. The van der Waals surface area contributed by atoms with Gasteiger partial charge in [0.05, 0.1) is 33.1 Å². The van der Waals surface area contributed by atoms with Crippen LogP contribution < -0.4 is 0 Å². The molecule has 0 unspecified atom stereocenters. The van der Waals surface area contributed by atoms with E-state index in [9.17, 15) is 0 Å². The van der Waals surface area contributed by atoms with Crippen molar-refractivity contribution >= 4 is 96.9 Å². The second-order valence-electron chi connectivity index (χ2n) is 16.9.